The molecule has 1 heterocycles. The second kappa shape index (κ2) is 7.93. The molecule has 2 N–H and O–H groups in total. The van der Waals surface area contributed by atoms with Crippen molar-refractivity contribution < 1.29 is 23.0 Å². The van der Waals surface area contributed by atoms with Crippen molar-refractivity contribution >= 4 is 21.4 Å². The Balaban J connectivity index is 2.54. The molecule has 0 spiro atoms. The van der Waals surface area contributed by atoms with Gasteiger partial charge < -0.3 is 14.6 Å². The molecule has 0 unspecified atom stereocenters. The average Bonchev–Trinajstić information content (AvgIpc) is 2.75. The van der Waals surface area contributed by atoms with Crippen molar-refractivity contribution in [3.05, 3.63) is 15.8 Å². The highest BCUT2D eigenvalue weighted by atomic mass is 32.2. The van der Waals surface area contributed by atoms with Crippen LogP contribution in [0.2, 0.25) is 0 Å². The predicted molar refractivity (Wildman–Crippen MR) is 72.9 cm³/mol. The lowest BCUT2D eigenvalue weighted by Crippen LogP contribution is -2.28. The van der Waals surface area contributed by atoms with E-state index in [1.54, 1.807) is 19.4 Å². The number of aliphatic hydroxyl groups excluding tert-OH is 1. The van der Waals surface area contributed by atoms with E-state index in [-0.39, 0.29) is 24.7 Å². The van der Waals surface area contributed by atoms with Gasteiger partial charge in [0.05, 0.1) is 31.3 Å². The zero-order chi connectivity index (χ0) is 14.3. The Hall–Kier alpha value is -0.510. The number of hydrogen-bond donors (Lipinski definition) is 2. The van der Waals surface area contributed by atoms with Crippen LogP contribution < -0.4 is 4.72 Å². The maximum Gasteiger partial charge on any atom is 0.242 e. The van der Waals surface area contributed by atoms with Gasteiger partial charge in [-0.2, -0.15) is 0 Å². The van der Waals surface area contributed by atoms with Gasteiger partial charge in [-0.15, -0.1) is 11.3 Å². The summed E-state index contributed by atoms with van der Waals surface area (Å²) in [5, 5.41) is 10.9. The molecule has 110 valence electrons. The van der Waals surface area contributed by atoms with Gasteiger partial charge in [-0.25, -0.2) is 13.1 Å². The van der Waals surface area contributed by atoms with Crippen LogP contribution in [0, 0.1) is 6.92 Å². The van der Waals surface area contributed by atoms with Crippen LogP contribution in [0.15, 0.2) is 10.3 Å². The highest BCUT2D eigenvalue weighted by molar-refractivity contribution is 7.89. The molecule has 19 heavy (non-hydrogen) atoms. The molecule has 0 aliphatic heterocycles. The van der Waals surface area contributed by atoms with E-state index in [1.807, 2.05) is 0 Å². The number of methoxy groups -OCH3 is 1. The second-order valence-corrected chi connectivity index (χ2v) is 6.50. The Kier molecular flexibility index (Phi) is 6.90. The van der Waals surface area contributed by atoms with Crippen molar-refractivity contribution in [2.45, 2.75) is 18.4 Å². The van der Waals surface area contributed by atoms with Crippen molar-refractivity contribution in [3.63, 3.8) is 0 Å². The van der Waals surface area contributed by atoms with Gasteiger partial charge >= 0.3 is 0 Å². The Morgan fingerprint density at radius 2 is 2.11 bits per heavy atom. The zero-order valence-electron chi connectivity index (χ0n) is 11.0. The predicted octanol–water partition coefficient (Wildman–Crippen LogP) is 0.490. The summed E-state index contributed by atoms with van der Waals surface area (Å²) in [6.45, 7) is 2.80. The first-order valence-electron chi connectivity index (χ1n) is 5.77. The van der Waals surface area contributed by atoms with Gasteiger partial charge in [-0.3, -0.25) is 0 Å². The van der Waals surface area contributed by atoms with E-state index < -0.39 is 10.0 Å². The monoisotopic (exact) mass is 309 g/mol. The van der Waals surface area contributed by atoms with Crippen molar-refractivity contribution in [2.75, 3.05) is 33.5 Å². The first-order chi connectivity index (χ1) is 9.03. The molecule has 1 rings (SSSR count). The van der Waals surface area contributed by atoms with Crippen LogP contribution in [-0.4, -0.2) is 47.0 Å². The zero-order valence-corrected chi connectivity index (χ0v) is 12.6. The van der Waals surface area contributed by atoms with Crippen LogP contribution in [0.1, 0.15) is 10.4 Å². The number of aliphatic hydroxyl groups is 1. The summed E-state index contributed by atoms with van der Waals surface area (Å²) in [5.41, 5.74) is 0.641. The standard InChI is InChI=1S/C11H19NO5S2/c1-9-8-18-10(7-13)11(9)19(14,15)12-3-4-17-6-5-16-2/h8,12-13H,3-7H2,1-2H3. The maximum atomic E-state index is 12.1. The van der Waals surface area contributed by atoms with E-state index in [9.17, 15) is 8.42 Å². The summed E-state index contributed by atoms with van der Waals surface area (Å²) in [4.78, 5) is 0.627. The molecule has 0 fully saturated rings. The molecule has 0 aromatic carbocycles. The molecule has 0 aliphatic rings. The van der Waals surface area contributed by atoms with E-state index in [4.69, 9.17) is 14.6 Å². The molecule has 0 bridgehead atoms. The molecule has 0 saturated carbocycles. The third-order valence-electron chi connectivity index (χ3n) is 2.37. The first kappa shape index (κ1) is 16.5. The highest BCUT2D eigenvalue weighted by Crippen LogP contribution is 2.26. The van der Waals surface area contributed by atoms with Crippen LogP contribution in [-0.2, 0) is 26.1 Å². The van der Waals surface area contributed by atoms with Gasteiger partial charge in [-0.05, 0) is 17.9 Å². The topological polar surface area (TPSA) is 84.9 Å². The van der Waals surface area contributed by atoms with E-state index in [0.29, 0.717) is 23.7 Å². The van der Waals surface area contributed by atoms with Gasteiger partial charge in [0.2, 0.25) is 10.0 Å². The summed E-state index contributed by atoms with van der Waals surface area (Å²) in [5.74, 6) is 0. The van der Waals surface area contributed by atoms with E-state index in [1.165, 1.54) is 11.3 Å². The number of ether oxygens (including phenoxy) is 2. The normalized spacial score (nSPS) is 11.9. The van der Waals surface area contributed by atoms with E-state index in [0.717, 1.165) is 0 Å². The fourth-order valence-electron chi connectivity index (χ4n) is 1.52. The van der Waals surface area contributed by atoms with Gasteiger partial charge in [0.1, 0.15) is 4.90 Å². The van der Waals surface area contributed by atoms with Crippen molar-refractivity contribution in [2.24, 2.45) is 0 Å². The van der Waals surface area contributed by atoms with Gasteiger partial charge in [0.25, 0.3) is 0 Å². The quantitative estimate of drug-likeness (QED) is 0.649. The lowest BCUT2D eigenvalue weighted by molar-refractivity contribution is 0.0736. The SMILES string of the molecule is COCCOCCNS(=O)(=O)c1c(C)csc1CO. The van der Waals surface area contributed by atoms with Crippen LogP contribution >= 0.6 is 11.3 Å². The minimum Gasteiger partial charge on any atom is -0.391 e. The van der Waals surface area contributed by atoms with Crippen LogP contribution in [0.25, 0.3) is 0 Å². The second-order valence-electron chi connectivity index (χ2n) is 3.83. The molecule has 1 aromatic rings. The number of aryl methyl sites for hydroxylation is 1. The number of hydrogen-bond acceptors (Lipinski definition) is 6. The summed E-state index contributed by atoms with van der Waals surface area (Å²) >= 11 is 1.24. The lowest BCUT2D eigenvalue weighted by atomic mass is 10.3. The summed E-state index contributed by atoms with van der Waals surface area (Å²) in [6.07, 6.45) is 0. The molecule has 0 radical (unpaired) electrons. The van der Waals surface area contributed by atoms with E-state index >= 15 is 0 Å². The Morgan fingerprint density at radius 3 is 2.74 bits per heavy atom. The average molecular weight is 309 g/mol. The third-order valence-corrected chi connectivity index (χ3v) is 5.28. The summed E-state index contributed by atoms with van der Waals surface area (Å²) in [6, 6.07) is 0. The van der Waals surface area contributed by atoms with Crippen LogP contribution in [0.3, 0.4) is 0 Å². The fourth-order valence-corrected chi connectivity index (χ4v) is 4.19. The maximum absolute atomic E-state index is 12.1. The molecule has 0 atom stereocenters. The number of rotatable bonds is 9. The number of sulfonamides is 1. The molecule has 0 saturated heterocycles. The molecular weight excluding hydrogens is 290 g/mol. The Bertz CT molecular complexity index is 483. The van der Waals surface area contributed by atoms with E-state index in [2.05, 4.69) is 4.72 Å². The molecule has 0 aliphatic carbocycles. The van der Waals surface area contributed by atoms with Gasteiger partial charge in [0.15, 0.2) is 0 Å². The van der Waals surface area contributed by atoms with Gasteiger partial charge in [0, 0.05) is 13.7 Å². The Labute approximate surface area is 117 Å². The number of nitrogens with one attached hydrogen (secondary N) is 1. The van der Waals surface area contributed by atoms with Crippen LogP contribution in [0.5, 0.6) is 0 Å². The molecular formula is C11H19NO5S2. The minimum absolute atomic E-state index is 0.178. The van der Waals surface area contributed by atoms with Crippen LogP contribution in [0.4, 0.5) is 0 Å². The smallest absolute Gasteiger partial charge is 0.242 e. The molecule has 6 nitrogen and oxygen atoms in total. The number of thiophene rings is 1. The molecule has 8 heteroatoms. The van der Waals surface area contributed by atoms with Crippen molar-refractivity contribution in [3.8, 4) is 0 Å². The van der Waals surface area contributed by atoms with Gasteiger partial charge in [-0.1, -0.05) is 0 Å². The lowest BCUT2D eigenvalue weighted by Gasteiger charge is -2.08. The first-order valence-corrected chi connectivity index (χ1v) is 8.13. The molecule has 1 aromatic heterocycles. The van der Waals surface area contributed by atoms with Crippen molar-refractivity contribution in [1.82, 2.24) is 4.72 Å². The molecule has 0 amide bonds. The third kappa shape index (κ3) is 4.83. The summed E-state index contributed by atoms with van der Waals surface area (Å²) < 4.78 is 36.6. The van der Waals surface area contributed by atoms with Crippen molar-refractivity contribution in [1.29, 1.82) is 0 Å². The largest absolute Gasteiger partial charge is 0.391 e. The summed E-state index contributed by atoms with van der Waals surface area (Å²) in [7, 11) is -2.02. The fraction of sp³-hybridized carbons (Fsp3) is 0.636. The highest BCUT2D eigenvalue weighted by Gasteiger charge is 2.21. The minimum atomic E-state index is -3.59. The Morgan fingerprint density at radius 1 is 1.37 bits per heavy atom.